The van der Waals surface area contributed by atoms with Gasteiger partial charge in [0, 0.05) is 18.0 Å². The van der Waals surface area contributed by atoms with Crippen LogP contribution in [0.2, 0.25) is 0 Å². The van der Waals surface area contributed by atoms with Crippen molar-refractivity contribution in [2.45, 2.75) is 39.0 Å². The molecule has 10 nitrogen and oxygen atoms in total. The molecule has 11 heteroatoms. The summed E-state index contributed by atoms with van der Waals surface area (Å²) in [6.07, 6.45) is 3.44. The lowest BCUT2D eigenvalue weighted by Crippen LogP contribution is -2.48. The molecule has 0 aliphatic carbocycles. The van der Waals surface area contributed by atoms with Gasteiger partial charge in [-0.05, 0) is 51.5 Å². The van der Waals surface area contributed by atoms with Gasteiger partial charge in [0.2, 0.25) is 0 Å². The lowest BCUT2D eigenvalue weighted by atomic mass is 10.0. The molecule has 34 heavy (non-hydrogen) atoms. The number of amides is 1. The van der Waals surface area contributed by atoms with Crippen LogP contribution < -0.4 is 15.8 Å². The highest BCUT2D eigenvalue weighted by Crippen LogP contribution is 2.28. The average molecular weight is 483 g/mol. The van der Waals surface area contributed by atoms with Crippen LogP contribution in [0.25, 0.3) is 5.82 Å². The van der Waals surface area contributed by atoms with Crippen LogP contribution in [-0.4, -0.2) is 46.8 Å². The van der Waals surface area contributed by atoms with Gasteiger partial charge in [0.25, 0.3) is 15.9 Å². The molecule has 178 valence electrons. The summed E-state index contributed by atoms with van der Waals surface area (Å²) in [5.74, 6) is 1.16. The second-order valence-corrected chi connectivity index (χ2v) is 10.5. The smallest absolute Gasteiger partial charge is 0.259 e. The maximum atomic E-state index is 13.0. The standard InChI is InChI=1S/C23H26N6O4S/c1-14-11-29(15(2)26-14)19-10-16(8-9-25-19)22(30)27-23(3,4)13-33-18-7-5-6-17-12-34(31,32)28-21(24)20(17)18/h5-11H,12-13H2,1-4H3,(H2,24,28)(H,27,30). The third-order valence-corrected chi connectivity index (χ3v) is 6.39. The Morgan fingerprint density at radius 1 is 1.26 bits per heavy atom. The molecule has 3 N–H and O–H groups in total. The Hall–Kier alpha value is -3.73. The molecule has 4 rings (SSSR count). The molecular formula is C23H26N6O4S. The predicted octanol–water partition coefficient (Wildman–Crippen LogP) is 2.02. The van der Waals surface area contributed by atoms with Gasteiger partial charge in [-0.2, -0.15) is 0 Å². The molecule has 1 aliphatic rings. The van der Waals surface area contributed by atoms with Crippen LogP contribution in [-0.2, 0) is 15.8 Å². The third kappa shape index (κ3) is 4.93. The Bertz CT molecular complexity index is 1410. The summed E-state index contributed by atoms with van der Waals surface area (Å²) in [4.78, 5) is 21.7. The normalized spacial score (nSPS) is 14.8. The van der Waals surface area contributed by atoms with Crippen LogP contribution in [0.4, 0.5) is 0 Å². The highest BCUT2D eigenvalue weighted by atomic mass is 32.2. The summed E-state index contributed by atoms with van der Waals surface area (Å²) in [7, 11) is -3.64. The number of carbonyl (C=O) groups is 1. The first-order valence-corrected chi connectivity index (χ1v) is 12.2. The number of pyridine rings is 1. The van der Waals surface area contributed by atoms with Gasteiger partial charge in [0.05, 0.1) is 22.5 Å². The number of aryl methyl sites for hydroxylation is 2. The lowest BCUT2D eigenvalue weighted by molar-refractivity contribution is 0.0880. The largest absolute Gasteiger partial charge is 0.490 e. The number of amidine groups is 1. The van der Waals surface area contributed by atoms with E-state index in [-0.39, 0.29) is 24.1 Å². The summed E-state index contributed by atoms with van der Waals surface area (Å²) >= 11 is 0. The lowest BCUT2D eigenvalue weighted by Gasteiger charge is -2.27. The van der Waals surface area contributed by atoms with E-state index in [0.717, 1.165) is 11.5 Å². The summed E-state index contributed by atoms with van der Waals surface area (Å²) in [6.45, 7) is 7.54. The Morgan fingerprint density at radius 2 is 2.03 bits per heavy atom. The Morgan fingerprint density at radius 3 is 2.74 bits per heavy atom. The molecule has 3 aromatic rings. The van der Waals surface area contributed by atoms with Crippen molar-refractivity contribution in [3.8, 4) is 11.6 Å². The maximum Gasteiger partial charge on any atom is 0.259 e. The van der Waals surface area contributed by atoms with Crippen molar-refractivity contribution in [3.63, 3.8) is 0 Å². The van der Waals surface area contributed by atoms with E-state index in [1.807, 2.05) is 38.5 Å². The molecule has 0 saturated heterocycles. The number of hydrogen-bond donors (Lipinski definition) is 2. The number of aromatic nitrogens is 3. The number of nitrogens with two attached hydrogens (primary N) is 1. The van der Waals surface area contributed by atoms with Crippen molar-refractivity contribution in [3.05, 3.63) is 70.9 Å². The summed E-state index contributed by atoms with van der Waals surface area (Å²) in [5, 5.41) is 2.97. The van der Waals surface area contributed by atoms with Gasteiger partial charge in [-0.15, -0.1) is 4.40 Å². The Labute approximate surface area is 198 Å². The van der Waals surface area contributed by atoms with Gasteiger partial charge in [-0.1, -0.05) is 12.1 Å². The van der Waals surface area contributed by atoms with Crippen LogP contribution in [0.15, 0.2) is 47.1 Å². The van der Waals surface area contributed by atoms with Crippen molar-refractivity contribution in [2.24, 2.45) is 10.1 Å². The van der Waals surface area contributed by atoms with Gasteiger partial charge >= 0.3 is 0 Å². The number of nitrogens with zero attached hydrogens (tertiary/aromatic N) is 4. The molecular weight excluding hydrogens is 456 g/mol. The molecule has 0 radical (unpaired) electrons. The zero-order valence-corrected chi connectivity index (χ0v) is 20.2. The number of fused-ring (bicyclic) bond motifs is 1. The van der Waals surface area contributed by atoms with Gasteiger partial charge in [0.15, 0.2) is 0 Å². The van der Waals surface area contributed by atoms with E-state index >= 15 is 0 Å². The van der Waals surface area contributed by atoms with E-state index in [1.54, 1.807) is 36.5 Å². The van der Waals surface area contributed by atoms with Gasteiger partial charge in [-0.3, -0.25) is 9.36 Å². The van der Waals surface area contributed by atoms with E-state index in [0.29, 0.717) is 28.3 Å². The van der Waals surface area contributed by atoms with Crippen molar-refractivity contribution < 1.29 is 17.9 Å². The van der Waals surface area contributed by atoms with Crippen molar-refractivity contribution in [1.82, 2.24) is 19.9 Å². The highest BCUT2D eigenvalue weighted by Gasteiger charge is 2.27. The van der Waals surface area contributed by atoms with E-state index in [1.165, 1.54) is 0 Å². The number of ether oxygens (including phenoxy) is 1. The zero-order chi connectivity index (χ0) is 24.7. The molecule has 0 bridgehead atoms. The van der Waals surface area contributed by atoms with E-state index < -0.39 is 15.6 Å². The van der Waals surface area contributed by atoms with Crippen LogP contribution in [0, 0.1) is 13.8 Å². The monoisotopic (exact) mass is 482 g/mol. The first kappa shape index (κ1) is 23.4. The minimum Gasteiger partial charge on any atom is -0.490 e. The third-order valence-electron chi connectivity index (χ3n) is 5.24. The number of imidazole rings is 1. The fraction of sp³-hybridized carbons (Fsp3) is 0.304. The van der Waals surface area contributed by atoms with Crippen LogP contribution >= 0.6 is 0 Å². The summed E-state index contributed by atoms with van der Waals surface area (Å²) in [6, 6.07) is 8.41. The molecule has 0 fully saturated rings. The summed E-state index contributed by atoms with van der Waals surface area (Å²) in [5.41, 5.74) is 7.45. The van der Waals surface area contributed by atoms with E-state index in [4.69, 9.17) is 10.5 Å². The maximum absolute atomic E-state index is 13.0. The van der Waals surface area contributed by atoms with E-state index in [2.05, 4.69) is 19.7 Å². The number of benzene rings is 1. The zero-order valence-electron chi connectivity index (χ0n) is 19.4. The average Bonchev–Trinajstić information content (AvgIpc) is 3.09. The Kier molecular flexibility index (Phi) is 5.90. The van der Waals surface area contributed by atoms with Crippen molar-refractivity contribution in [1.29, 1.82) is 0 Å². The molecule has 0 unspecified atom stereocenters. The van der Waals surface area contributed by atoms with E-state index in [9.17, 15) is 13.2 Å². The molecule has 0 saturated carbocycles. The Balaban J connectivity index is 1.48. The molecule has 1 aliphatic heterocycles. The molecule has 0 atom stereocenters. The molecule has 0 spiro atoms. The van der Waals surface area contributed by atoms with Crippen LogP contribution in [0.3, 0.4) is 0 Å². The van der Waals surface area contributed by atoms with Crippen LogP contribution in [0.1, 0.15) is 46.9 Å². The first-order valence-electron chi connectivity index (χ1n) is 10.6. The SMILES string of the molecule is Cc1cn(-c2cc(C(=O)NC(C)(C)COc3cccc4c3C(N)=NS(=O)(=O)C4)ccn2)c(C)n1. The minimum atomic E-state index is -3.64. The second kappa shape index (κ2) is 8.56. The van der Waals surface area contributed by atoms with Crippen molar-refractivity contribution >= 4 is 21.8 Å². The van der Waals surface area contributed by atoms with Crippen molar-refractivity contribution in [2.75, 3.05) is 6.61 Å². The highest BCUT2D eigenvalue weighted by molar-refractivity contribution is 7.89. The fourth-order valence-electron chi connectivity index (χ4n) is 3.75. The van der Waals surface area contributed by atoms with Gasteiger partial charge < -0.3 is 15.8 Å². The number of carbonyl (C=O) groups excluding carboxylic acids is 1. The quantitative estimate of drug-likeness (QED) is 0.547. The predicted molar refractivity (Wildman–Crippen MR) is 128 cm³/mol. The fourth-order valence-corrected chi connectivity index (χ4v) is 4.84. The summed E-state index contributed by atoms with van der Waals surface area (Å²) < 4.78 is 35.1. The number of sulfonamides is 1. The topological polar surface area (TPSA) is 142 Å². The number of hydrogen-bond acceptors (Lipinski definition) is 7. The minimum absolute atomic E-state index is 0.104. The molecule has 1 aromatic carbocycles. The van der Waals surface area contributed by atoms with Gasteiger partial charge in [-0.25, -0.2) is 18.4 Å². The molecule has 2 aromatic heterocycles. The molecule has 1 amide bonds. The number of rotatable bonds is 6. The van der Waals surface area contributed by atoms with Crippen LogP contribution in [0.5, 0.6) is 5.75 Å². The molecule has 3 heterocycles. The number of nitrogens with one attached hydrogen (secondary N) is 1. The first-order chi connectivity index (χ1) is 15.9. The second-order valence-electron chi connectivity index (χ2n) is 8.82. The van der Waals surface area contributed by atoms with Gasteiger partial charge in [0.1, 0.15) is 29.8 Å².